The van der Waals surface area contributed by atoms with Gasteiger partial charge in [0.25, 0.3) is 0 Å². The van der Waals surface area contributed by atoms with Crippen LogP contribution in [0.25, 0.3) is 22.2 Å². The number of benzene rings is 2. The van der Waals surface area contributed by atoms with Crippen LogP contribution < -0.4 is 5.79 Å². The van der Waals surface area contributed by atoms with Crippen molar-refractivity contribution in [1.29, 1.82) is 0 Å². The lowest BCUT2D eigenvalue weighted by molar-refractivity contribution is 0.628. The molecular weight excluding hydrogens is 216 g/mol. The Bertz CT molecular complexity index is 675. The maximum atomic E-state index is 12.8. The van der Waals surface area contributed by atoms with Gasteiger partial charge in [-0.05, 0) is 35.4 Å². The predicted octanol–water partition coefficient (Wildman–Crippen LogP) is 2.43. The lowest BCUT2D eigenvalue weighted by Gasteiger charge is -2.00. The van der Waals surface area contributed by atoms with Gasteiger partial charge in [-0.3, -0.25) is 0 Å². The number of fused-ring (bicyclic) bond motifs is 1. The van der Waals surface area contributed by atoms with Gasteiger partial charge < -0.3 is 4.42 Å². The van der Waals surface area contributed by atoms with Crippen LogP contribution in [0.15, 0.2) is 46.9 Å². The molecule has 0 N–H and O–H groups in total. The van der Waals surface area contributed by atoms with E-state index in [1.54, 1.807) is 18.2 Å². The number of rotatable bonds is 1. The lowest BCUT2D eigenvalue weighted by atomic mass is 10.1. The van der Waals surface area contributed by atoms with Gasteiger partial charge in [0, 0.05) is 0 Å². The Hall–Kier alpha value is -2.10. The molecule has 3 rings (SSSR count). The first kappa shape index (κ1) is 10.1. The molecule has 0 amide bonds. The van der Waals surface area contributed by atoms with Crippen molar-refractivity contribution < 1.29 is 8.81 Å². The molecule has 0 bridgehead atoms. The summed E-state index contributed by atoms with van der Waals surface area (Å²) < 4.78 is 18.0. The summed E-state index contributed by atoms with van der Waals surface area (Å²) in [5.41, 5.74) is 3.22. The largest absolute Gasteiger partial charge is 0.452 e. The molecule has 0 spiro atoms. The van der Waals surface area contributed by atoms with Crippen molar-refractivity contribution in [2.24, 2.45) is 0 Å². The summed E-state index contributed by atoms with van der Waals surface area (Å²) in [5, 5.41) is 0. The molecule has 4 heteroatoms. The van der Waals surface area contributed by atoms with E-state index in [1.165, 1.54) is 12.1 Å². The van der Waals surface area contributed by atoms with E-state index >= 15 is 0 Å². The highest BCUT2D eigenvalue weighted by molar-refractivity contribution is 6.28. The van der Waals surface area contributed by atoms with Crippen LogP contribution in [0.5, 0.6) is 0 Å². The minimum absolute atomic E-state index is 0.149. The highest BCUT2D eigenvalue weighted by atomic mass is 19.1. The van der Waals surface area contributed by atoms with Gasteiger partial charge in [-0.2, -0.15) is 0 Å². The van der Waals surface area contributed by atoms with E-state index in [0.717, 1.165) is 11.1 Å². The molecule has 0 fully saturated rings. The summed E-state index contributed by atoms with van der Waals surface area (Å²) in [5.74, 6) is -0.100. The first-order valence-corrected chi connectivity index (χ1v) is 5.14. The van der Waals surface area contributed by atoms with Gasteiger partial charge in [0.1, 0.15) is 17.1 Å². The average molecular weight is 223 g/mol. The lowest BCUT2D eigenvalue weighted by Crippen LogP contribution is -1.99. The average Bonchev–Trinajstić information content (AvgIpc) is 2.69. The fourth-order valence-corrected chi connectivity index (χ4v) is 1.77. The molecule has 2 nitrogen and oxygen atoms in total. The zero-order chi connectivity index (χ0) is 11.8. The minimum atomic E-state index is -0.250. The second-order valence-electron chi connectivity index (χ2n) is 3.74. The summed E-state index contributed by atoms with van der Waals surface area (Å²) in [6, 6.07) is 11.9. The van der Waals surface area contributed by atoms with Crippen molar-refractivity contribution in [2.45, 2.75) is 0 Å². The third-order valence-corrected chi connectivity index (χ3v) is 2.58. The molecule has 0 atom stereocenters. The van der Waals surface area contributed by atoms with Crippen LogP contribution in [0, 0.1) is 5.82 Å². The van der Waals surface area contributed by atoms with Crippen LogP contribution in [0.4, 0.5) is 4.39 Å². The van der Waals surface area contributed by atoms with Crippen molar-refractivity contribution in [2.75, 3.05) is 0 Å². The zero-order valence-corrected chi connectivity index (χ0v) is 8.85. The normalized spacial score (nSPS) is 10.9. The molecule has 17 heavy (non-hydrogen) atoms. The first-order valence-electron chi connectivity index (χ1n) is 5.14. The highest BCUT2D eigenvalue weighted by Crippen LogP contribution is 2.23. The Morgan fingerprint density at radius 3 is 2.47 bits per heavy atom. The molecule has 0 unspecified atom stereocenters. The Kier molecular flexibility index (Phi) is 2.21. The predicted molar refractivity (Wildman–Crippen MR) is 64.8 cm³/mol. The summed E-state index contributed by atoms with van der Waals surface area (Å²) >= 11 is 0. The number of aromatic nitrogens is 1. The number of hydrogen-bond donors (Lipinski definition) is 0. The summed E-state index contributed by atoms with van der Waals surface area (Å²) in [7, 11) is 5.47. The fourth-order valence-electron chi connectivity index (χ4n) is 1.77. The Labute approximate surface area is 98.5 Å². The van der Waals surface area contributed by atoms with Crippen LogP contribution in [-0.2, 0) is 0 Å². The van der Waals surface area contributed by atoms with Gasteiger partial charge in [0.15, 0.2) is 13.4 Å². The SMILES string of the molecule is [B]c1nc2cc(-c3ccc(F)cc3)ccc2o1. The Morgan fingerprint density at radius 2 is 1.71 bits per heavy atom. The molecule has 0 aliphatic carbocycles. The number of hydrogen-bond acceptors (Lipinski definition) is 2. The standard InChI is InChI=1S/C13H7BFNO/c14-13-16-11-7-9(3-6-12(11)17-13)8-1-4-10(15)5-2-8/h1-7H. The Morgan fingerprint density at radius 1 is 1.00 bits per heavy atom. The second-order valence-corrected chi connectivity index (χ2v) is 3.74. The third-order valence-electron chi connectivity index (χ3n) is 2.58. The molecular formula is C13H7BFNO. The number of nitrogens with zero attached hydrogens (tertiary/aromatic N) is 1. The molecule has 0 aliphatic rings. The van der Waals surface area contributed by atoms with Crippen molar-refractivity contribution in [3.05, 3.63) is 48.3 Å². The molecule has 0 saturated heterocycles. The van der Waals surface area contributed by atoms with Gasteiger partial charge in [-0.1, -0.05) is 18.2 Å². The van der Waals surface area contributed by atoms with E-state index in [9.17, 15) is 4.39 Å². The maximum absolute atomic E-state index is 12.8. The van der Waals surface area contributed by atoms with Gasteiger partial charge >= 0.3 is 0 Å². The smallest absolute Gasteiger partial charge is 0.197 e. The molecule has 3 aromatic rings. The van der Waals surface area contributed by atoms with E-state index in [1.807, 2.05) is 12.1 Å². The van der Waals surface area contributed by atoms with Crippen molar-refractivity contribution in [3.63, 3.8) is 0 Å². The van der Waals surface area contributed by atoms with Crippen LogP contribution in [-0.4, -0.2) is 12.8 Å². The third kappa shape index (κ3) is 1.82. The number of oxazole rings is 1. The molecule has 1 aromatic heterocycles. The monoisotopic (exact) mass is 223 g/mol. The molecule has 0 saturated carbocycles. The van der Waals surface area contributed by atoms with E-state index in [4.69, 9.17) is 12.3 Å². The highest BCUT2D eigenvalue weighted by Gasteiger charge is 2.04. The fraction of sp³-hybridized carbons (Fsp3) is 0. The van der Waals surface area contributed by atoms with E-state index in [2.05, 4.69) is 4.98 Å². The van der Waals surface area contributed by atoms with Crippen LogP contribution in [0.1, 0.15) is 0 Å². The van der Waals surface area contributed by atoms with Crippen molar-refractivity contribution in [3.8, 4) is 11.1 Å². The van der Waals surface area contributed by atoms with Gasteiger partial charge in [-0.25, -0.2) is 9.37 Å². The van der Waals surface area contributed by atoms with E-state index < -0.39 is 0 Å². The Balaban J connectivity index is 2.13. The summed E-state index contributed by atoms with van der Waals surface area (Å²) in [6.07, 6.45) is 0. The van der Waals surface area contributed by atoms with Crippen LogP contribution >= 0.6 is 0 Å². The number of halogens is 1. The minimum Gasteiger partial charge on any atom is -0.452 e. The van der Waals surface area contributed by atoms with Gasteiger partial charge in [-0.15, -0.1) is 0 Å². The molecule has 2 radical (unpaired) electrons. The zero-order valence-electron chi connectivity index (χ0n) is 8.85. The van der Waals surface area contributed by atoms with Gasteiger partial charge in [0.05, 0.1) is 0 Å². The topological polar surface area (TPSA) is 26.0 Å². The van der Waals surface area contributed by atoms with E-state index in [0.29, 0.717) is 11.1 Å². The molecule has 0 aliphatic heterocycles. The first-order chi connectivity index (χ1) is 8.22. The van der Waals surface area contributed by atoms with Crippen LogP contribution in [0.3, 0.4) is 0 Å². The van der Waals surface area contributed by atoms with Crippen molar-refractivity contribution >= 4 is 24.7 Å². The van der Waals surface area contributed by atoms with E-state index in [-0.39, 0.29) is 11.6 Å². The van der Waals surface area contributed by atoms with Crippen molar-refractivity contribution in [1.82, 2.24) is 4.98 Å². The van der Waals surface area contributed by atoms with Crippen LogP contribution in [0.2, 0.25) is 0 Å². The molecule has 80 valence electrons. The molecule has 2 aromatic carbocycles. The second kappa shape index (κ2) is 3.73. The summed E-state index contributed by atoms with van der Waals surface area (Å²) in [4.78, 5) is 4.05. The van der Waals surface area contributed by atoms with Gasteiger partial charge in [0.2, 0.25) is 0 Å². The summed E-state index contributed by atoms with van der Waals surface area (Å²) in [6.45, 7) is 0. The maximum Gasteiger partial charge on any atom is 0.197 e. The molecule has 1 heterocycles. The quantitative estimate of drug-likeness (QED) is 0.592.